The van der Waals surface area contributed by atoms with E-state index in [2.05, 4.69) is 24.7 Å². The lowest BCUT2D eigenvalue weighted by Gasteiger charge is -2.02. The van der Waals surface area contributed by atoms with E-state index in [9.17, 15) is 10.1 Å². The van der Waals surface area contributed by atoms with Crippen LogP contribution in [0.5, 0.6) is 0 Å². The Morgan fingerprint density at radius 3 is 2.78 bits per heavy atom. The first-order valence-electron chi connectivity index (χ1n) is 7.77. The number of hydrogen-bond acceptors (Lipinski definition) is 8. The van der Waals surface area contributed by atoms with E-state index in [1.807, 2.05) is 24.7 Å². The Morgan fingerprint density at radius 1 is 1.19 bits per heavy atom. The molecule has 0 aliphatic carbocycles. The molecule has 0 bridgehead atoms. The van der Waals surface area contributed by atoms with Gasteiger partial charge in [0.05, 0.1) is 11.3 Å². The highest BCUT2D eigenvalue weighted by atomic mass is 32.1. The number of anilines is 1. The van der Waals surface area contributed by atoms with Crippen molar-refractivity contribution in [1.82, 2.24) is 23.9 Å². The van der Waals surface area contributed by atoms with Crippen LogP contribution in [0.3, 0.4) is 0 Å². The van der Waals surface area contributed by atoms with E-state index < -0.39 is 4.92 Å². The maximum atomic E-state index is 10.6. The number of hydrogen-bond donors (Lipinski definition) is 1. The first-order valence-corrected chi connectivity index (χ1v) is 9.53. The van der Waals surface area contributed by atoms with Crippen LogP contribution in [0.1, 0.15) is 0 Å². The van der Waals surface area contributed by atoms with E-state index in [0.29, 0.717) is 5.00 Å². The largest absolute Gasteiger partial charge is 0.370 e. The zero-order valence-corrected chi connectivity index (χ0v) is 15.6. The van der Waals surface area contributed by atoms with Crippen LogP contribution in [-0.2, 0) is 0 Å². The van der Waals surface area contributed by atoms with Crippen LogP contribution in [0.2, 0.25) is 0 Å². The van der Waals surface area contributed by atoms with Crippen molar-refractivity contribution in [3.05, 3.63) is 64.1 Å². The number of nitro groups is 1. The van der Waals surface area contributed by atoms with Gasteiger partial charge < -0.3 is 5.32 Å². The summed E-state index contributed by atoms with van der Waals surface area (Å²) in [7, 11) is 1.86. The number of fused-ring (bicyclic) bond motifs is 3. The van der Waals surface area contributed by atoms with Crippen LogP contribution in [0.4, 0.5) is 11.5 Å². The molecule has 0 aromatic carbocycles. The summed E-state index contributed by atoms with van der Waals surface area (Å²) in [6.07, 6.45) is 8.55. The average Bonchev–Trinajstić information content (AvgIpc) is 3.47. The minimum atomic E-state index is -0.397. The van der Waals surface area contributed by atoms with Gasteiger partial charge in [-0.3, -0.25) is 19.1 Å². The Kier molecular flexibility index (Phi) is 4.52. The maximum absolute atomic E-state index is 10.6. The summed E-state index contributed by atoms with van der Waals surface area (Å²) in [6.45, 7) is 0. The molecule has 11 heteroatoms. The normalized spacial score (nSPS) is 10.7. The molecule has 0 unspecified atom stereocenters. The molecule has 5 heterocycles. The summed E-state index contributed by atoms with van der Waals surface area (Å²) in [5, 5.41) is 17.9. The predicted molar refractivity (Wildman–Crippen MR) is 106 cm³/mol. The average molecular weight is 399 g/mol. The van der Waals surface area contributed by atoms with Crippen LogP contribution in [0, 0.1) is 10.1 Å². The van der Waals surface area contributed by atoms with Gasteiger partial charge in [-0.1, -0.05) is 0 Å². The van der Waals surface area contributed by atoms with E-state index in [1.54, 1.807) is 46.2 Å². The topological polar surface area (TPSA) is 103 Å². The van der Waals surface area contributed by atoms with Crippen molar-refractivity contribution in [2.24, 2.45) is 0 Å². The lowest BCUT2D eigenvalue weighted by atomic mass is 10.5. The van der Waals surface area contributed by atoms with Gasteiger partial charge in [0, 0.05) is 37.9 Å². The molecule has 9 nitrogen and oxygen atoms in total. The minimum Gasteiger partial charge on any atom is -0.370 e. The zero-order valence-electron chi connectivity index (χ0n) is 14.0. The summed E-state index contributed by atoms with van der Waals surface area (Å²) < 4.78 is 3.68. The Balaban J connectivity index is 0.000000134. The molecule has 5 aromatic heterocycles. The van der Waals surface area contributed by atoms with E-state index in [1.165, 1.54) is 17.4 Å². The molecule has 0 saturated carbocycles. The third-order valence-corrected chi connectivity index (χ3v) is 5.54. The van der Waals surface area contributed by atoms with Gasteiger partial charge in [-0.25, -0.2) is 15.0 Å². The highest BCUT2D eigenvalue weighted by Crippen LogP contribution is 2.28. The second-order valence-corrected chi connectivity index (χ2v) is 7.07. The molecule has 0 atom stereocenters. The maximum Gasteiger partial charge on any atom is 0.304 e. The van der Waals surface area contributed by atoms with Crippen molar-refractivity contribution in [1.29, 1.82) is 0 Å². The van der Waals surface area contributed by atoms with Gasteiger partial charge in [0.25, 0.3) is 0 Å². The highest BCUT2D eigenvalue weighted by Gasteiger charge is 2.15. The number of imidazole rings is 2. The van der Waals surface area contributed by atoms with Crippen molar-refractivity contribution in [3.63, 3.8) is 0 Å². The molecule has 0 saturated heterocycles. The fourth-order valence-electron chi connectivity index (χ4n) is 2.55. The summed E-state index contributed by atoms with van der Waals surface area (Å²) >= 11 is 2.99. The number of nitrogens with one attached hydrogen (secondary N) is 1. The van der Waals surface area contributed by atoms with Crippen LogP contribution in [-0.4, -0.2) is 35.9 Å². The molecule has 27 heavy (non-hydrogen) atoms. The molecule has 0 aliphatic rings. The molecule has 136 valence electrons. The smallest absolute Gasteiger partial charge is 0.304 e. The van der Waals surface area contributed by atoms with Crippen LogP contribution in [0.25, 0.3) is 21.0 Å². The third kappa shape index (κ3) is 3.13. The second-order valence-electron chi connectivity index (χ2n) is 5.28. The van der Waals surface area contributed by atoms with Gasteiger partial charge in [-0.15, -0.1) is 22.7 Å². The molecule has 0 spiro atoms. The first kappa shape index (κ1) is 17.1. The van der Waals surface area contributed by atoms with Crippen LogP contribution in [0.15, 0.2) is 54.0 Å². The molecule has 0 fully saturated rings. The lowest BCUT2D eigenvalue weighted by molar-refractivity contribution is -0.384. The van der Waals surface area contributed by atoms with Crippen molar-refractivity contribution in [3.8, 4) is 5.00 Å². The van der Waals surface area contributed by atoms with Crippen molar-refractivity contribution in [2.45, 2.75) is 0 Å². The van der Waals surface area contributed by atoms with Crippen molar-refractivity contribution in [2.75, 3.05) is 12.4 Å². The van der Waals surface area contributed by atoms with Gasteiger partial charge in [0.2, 0.25) is 0 Å². The van der Waals surface area contributed by atoms with E-state index in [-0.39, 0.29) is 5.69 Å². The summed E-state index contributed by atoms with van der Waals surface area (Å²) in [5.41, 5.74) is 2.00. The molecule has 0 amide bonds. The van der Waals surface area contributed by atoms with Gasteiger partial charge in [0.15, 0.2) is 16.5 Å². The Bertz CT molecular complexity index is 1210. The molecular formula is C16H13N7O2S2. The van der Waals surface area contributed by atoms with E-state index >= 15 is 0 Å². The lowest BCUT2D eigenvalue weighted by Crippen LogP contribution is -1.97. The fourth-order valence-corrected chi connectivity index (χ4v) is 4.19. The fraction of sp³-hybridized carbons (Fsp3) is 0.0625. The Hall–Kier alpha value is -3.31. The summed E-state index contributed by atoms with van der Waals surface area (Å²) in [6, 6.07) is 3.50. The number of nitrogens with zero attached hydrogens (tertiary/aromatic N) is 6. The molecule has 0 radical (unpaired) electrons. The Morgan fingerprint density at radius 2 is 2.04 bits per heavy atom. The predicted octanol–water partition coefficient (Wildman–Crippen LogP) is 3.83. The quantitative estimate of drug-likeness (QED) is 0.365. The minimum absolute atomic E-state index is 0.114. The SMILES string of the molecule is CNc1nc2ccsc2n2ccnc12.O=[N+]([O-])c1ccsc1-n1ccnc1. The summed E-state index contributed by atoms with van der Waals surface area (Å²) in [5.74, 6) is 0.820. The van der Waals surface area contributed by atoms with Gasteiger partial charge in [0.1, 0.15) is 10.3 Å². The monoisotopic (exact) mass is 399 g/mol. The van der Waals surface area contributed by atoms with E-state index in [4.69, 9.17) is 0 Å². The first-order chi connectivity index (χ1) is 13.2. The highest BCUT2D eigenvalue weighted by molar-refractivity contribution is 7.16. The zero-order chi connectivity index (χ0) is 18.8. The van der Waals surface area contributed by atoms with Crippen LogP contribution >= 0.6 is 22.7 Å². The van der Waals surface area contributed by atoms with Crippen molar-refractivity contribution < 1.29 is 4.92 Å². The molecule has 0 aliphatic heterocycles. The summed E-state index contributed by atoms with van der Waals surface area (Å²) in [4.78, 5) is 23.9. The van der Waals surface area contributed by atoms with Gasteiger partial charge in [-0.05, 0) is 16.8 Å². The van der Waals surface area contributed by atoms with Crippen molar-refractivity contribution >= 4 is 50.2 Å². The third-order valence-electron chi connectivity index (χ3n) is 3.73. The second kappa shape index (κ2) is 7.13. The van der Waals surface area contributed by atoms with Gasteiger partial charge >= 0.3 is 5.69 Å². The number of thiophene rings is 2. The van der Waals surface area contributed by atoms with E-state index in [0.717, 1.165) is 21.8 Å². The molecule has 1 N–H and O–H groups in total. The number of aromatic nitrogens is 5. The standard InChI is InChI=1S/C9H8N4S.C7H5N3O2S/c1-10-7-8-11-3-4-13(8)9-6(12-7)2-5-14-9;11-10(12)6-1-4-13-7(6)9-3-2-8-5-9/h2-5H,1H3,(H,10,12);1-5H. The molecule has 5 aromatic rings. The van der Waals surface area contributed by atoms with Gasteiger partial charge in [-0.2, -0.15) is 0 Å². The number of rotatable bonds is 3. The van der Waals surface area contributed by atoms with Crippen LogP contribution < -0.4 is 5.32 Å². The Labute approximate surface area is 160 Å². The molecule has 5 rings (SSSR count). The molecular weight excluding hydrogens is 386 g/mol.